The maximum absolute atomic E-state index is 10.7. The maximum atomic E-state index is 10.7. The van der Waals surface area contributed by atoms with Gasteiger partial charge >= 0.3 is 0 Å². The Labute approximate surface area is 151 Å². The van der Waals surface area contributed by atoms with E-state index < -0.39 is 36.9 Å². The SMILES string of the molecule is C=CCCCO[C@@H]1O[C@@H]2CO[C@H](c3ccccc3)O[C@@H]2[C@H](O)[C@H]1N=[N+]=[N-]. The number of fused-ring (bicyclic) bond motifs is 1. The molecule has 8 nitrogen and oxygen atoms in total. The molecule has 0 spiro atoms. The van der Waals surface area contributed by atoms with Crippen LogP contribution in [0.5, 0.6) is 0 Å². The molecule has 26 heavy (non-hydrogen) atoms. The molecule has 0 amide bonds. The van der Waals surface area contributed by atoms with Gasteiger partial charge in [0.25, 0.3) is 0 Å². The molecule has 2 saturated heterocycles. The Kier molecular flexibility index (Phi) is 6.62. The molecule has 0 bridgehead atoms. The molecule has 2 aliphatic heterocycles. The van der Waals surface area contributed by atoms with Crippen molar-refractivity contribution in [3.05, 3.63) is 59.0 Å². The summed E-state index contributed by atoms with van der Waals surface area (Å²) in [5.41, 5.74) is 9.70. The summed E-state index contributed by atoms with van der Waals surface area (Å²) in [4.78, 5) is 2.82. The fourth-order valence-corrected chi connectivity index (χ4v) is 3.10. The predicted octanol–water partition coefficient (Wildman–Crippen LogP) is 2.85. The molecule has 0 aromatic heterocycles. The summed E-state index contributed by atoms with van der Waals surface area (Å²) in [5, 5.41) is 14.4. The molecule has 6 atom stereocenters. The Morgan fingerprint density at radius 1 is 1.35 bits per heavy atom. The number of aliphatic hydroxyl groups excluding tert-OH is 1. The molecule has 2 fully saturated rings. The molecular weight excluding hydrogens is 338 g/mol. The van der Waals surface area contributed by atoms with Gasteiger partial charge in [0.2, 0.25) is 0 Å². The fraction of sp³-hybridized carbons (Fsp3) is 0.556. The highest BCUT2D eigenvalue weighted by Crippen LogP contribution is 2.35. The number of unbranched alkanes of at least 4 members (excludes halogenated alkanes) is 1. The van der Waals surface area contributed by atoms with Gasteiger partial charge in [0, 0.05) is 10.5 Å². The number of aliphatic hydroxyl groups is 1. The Morgan fingerprint density at radius 3 is 2.88 bits per heavy atom. The van der Waals surface area contributed by atoms with Crippen molar-refractivity contribution >= 4 is 0 Å². The van der Waals surface area contributed by atoms with E-state index in [2.05, 4.69) is 16.6 Å². The minimum absolute atomic E-state index is 0.247. The lowest BCUT2D eigenvalue weighted by atomic mass is 9.96. The molecular formula is C18H23N3O5. The zero-order chi connectivity index (χ0) is 18.4. The van der Waals surface area contributed by atoms with Crippen molar-refractivity contribution in [2.75, 3.05) is 13.2 Å². The second-order valence-corrected chi connectivity index (χ2v) is 6.21. The van der Waals surface area contributed by atoms with Gasteiger partial charge in [-0.2, -0.15) is 0 Å². The molecule has 8 heteroatoms. The van der Waals surface area contributed by atoms with Gasteiger partial charge in [-0.3, -0.25) is 0 Å². The van der Waals surface area contributed by atoms with Crippen LogP contribution in [0.15, 0.2) is 48.1 Å². The molecule has 1 N–H and O–H groups in total. The van der Waals surface area contributed by atoms with E-state index in [-0.39, 0.29) is 6.61 Å². The third kappa shape index (κ3) is 4.24. The van der Waals surface area contributed by atoms with E-state index in [4.69, 9.17) is 24.5 Å². The zero-order valence-electron chi connectivity index (χ0n) is 14.4. The molecule has 140 valence electrons. The second kappa shape index (κ2) is 9.14. The fourth-order valence-electron chi connectivity index (χ4n) is 3.10. The first-order chi connectivity index (χ1) is 12.7. The number of allylic oxidation sites excluding steroid dienone is 1. The van der Waals surface area contributed by atoms with Crippen LogP contribution in [0.2, 0.25) is 0 Å². The minimum Gasteiger partial charge on any atom is -0.390 e. The average Bonchev–Trinajstić information content (AvgIpc) is 2.68. The standard InChI is InChI=1S/C18H23N3O5/c1-2-3-7-10-23-18-14(20-21-19)15(22)16-13(25-18)11-24-17(26-16)12-8-5-4-6-9-12/h2,4-6,8-9,13-18,22H,1,3,7,10-11H2/t13-,14-,15-,16+,17+,18-/m1/s1. The molecule has 0 saturated carbocycles. The topological polar surface area (TPSA) is 106 Å². The first-order valence-electron chi connectivity index (χ1n) is 8.67. The lowest BCUT2D eigenvalue weighted by molar-refractivity contribution is -0.341. The first-order valence-corrected chi connectivity index (χ1v) is 8.67. The van der Waals surface area contributed by atoms with Gasteiger partial charge < -0.3 is 24.1 Å². The Morgan fingerprint density at radius 2 is 2.15 bits per heavy atom. The van der Waals surface area contributed by atoms with E-state index in [1.807, 2.05) is 30.3 Å². The summed E-state index contributed by atoms with van der Waals surface area (Å²) in [6.45, 7) is 4.32. The van der Waals surface area contributed by atoms with Gasteiger partial charge in [-0.25, -0.2) is 0 Å². The average molecular weight is 361 g/mol. The van der Waals surface area contributed by atoms with E-state index in [9.17, 15) is 5.11 Å². The number of hydrogen-bond donors (Lipinski definition) is 1. The summed E-state index contributed by atoms with van der Waals surface area (Å²) in [7, 11) is 0. The molecule has 1 aromatic carbocycles. The Balaban J connectivity index is 1.68. The van der Waals surface area contributed by atoms with Gasteiger partial charge in [0.1, 0.15) is 18.2 Å². The molecule has 1 aromatic rings. The van der Waals surface area contributed by atoms with Crippen LogP contribution in [0.1, 0.15) is 24.7 Å². The number of rotatable bonds is 7. The smallest absolute Gasteiger partial charge is 0.184 e. The second-order valence-electron chi connectivity index (χ2n) is 6.21. The number of azide groups is 1. The van der Waals surface area contributed by atoms with E-state index in [0.29, 0.717) is 6.61 Å². The van der Waals surface area contributed by atoms with Crippen molar-refractivity contribution in [2.45, 2.75) is 49.8 Å². The highest BCUT2D eigenvalue weighted by Gasteiger charge is 2.49. The quantitative estimate of drug-likeness (QED) is 0.264. The maximum Gasteiger partial charge on any atom is 0.184 e. The van der Waals surface area contributed by atoms with Crippen LogP contribution in [0.3, 0.4) is 0 Å². The van der Waals surface area contributed by atoms with Crippen LogP contribution in [-0.2, 0) is 18.9 Å². The number of ether oxygens (including phenoxy) is 4. The van der Waals surface area contributed by atoms with Crippen molar-refractivity contribution in [2.24, 2.45) is 5.11 Å². The van der Waals surface area contributed by atoms with Crippen LogP contribution >= 0.6 is 0 Å². The number of benzene rings is 1. The van der Waals surface area contributed by atoms with Crippen LogP contribution < -0.4 is 0 Å². The first kappa shape index (κ1) is 18.8. The molecule has 0 radical (unpaired) electrons. The van der Waals surface area contributed by atoms with E-state index in [1.165, 1.54) is 0 Å². The van der Waals surface area contributed by atoms with E-state index in [0.717, 1.165) is 18.4 Å². The third-order valence-electron chi connectivity index (χ3n) is 4.42. The van der Waals surface area contributed by atoms with E-state index >= 15 is 0 Å². The van der Waals surface area contributed by atoms with Crippen LogP contribution in [0, 0.1) is 0 Å². The number of nitrogens with zero attached hydrogens (tertiary/aromatic N) is 3. The van der Waals surface area contributed by atoms with Gasteiger partial charge in [-0.05, 0) is 18.4 Å². The molecule has 0 unspecified atom stereocenters. The molecule has 2 heterocycles. The minimum atomic E-state index is -1.05. The van der Waals surface area contributed by atoms with Crippen molar-refractivity contribution in [1.29, 1.82) is 0 Å². The summed E-state index contributed by atoms with van der Waals surface area (Å²) < 4.78 is 23.2. The van der Waals surface area contributed by atoms with Crippen LogP contribution in [-0.4, -0.2) is 49.0 Å². The largest absolute Gasteiger partial charge is 0.390 e. The summed E-state index contributed by atoms with van der Waals surface area (Å²) >= 11 is 0. The summed E-state index contributed by atoms with van der Waals surface area (Å²) in [5.74, 6) is 0. The van der Waals surface area contributed by atoms with Crippen molar-refractivity contribution < 1.29 is 24.1 Å². The molecule has 3 rings (SSSR count). The van der Waals surface area contributed by atoms with Gasteiger partial charge in [0.05, 0.1) is 19.3 Å². The van der Waals surface area contributed by atoms with Crippen molar-refractivity contribution in [3.63, 3.8) is 0 Å². The van der Waals surface area contributed by atoms with E-state index in [1.54, 1.807) is 6.08 Å². The lowest BCUT2D eigenvalue weighted by Gasteiger charge is -2.46. The van der Waals surface area contributed by atoms with Crippen molar-refractivity contribution in [1.82, 2.24) is 0 Å². The monoisotopic (exact) mass is 361 g/mol. The normalized spacial score (nSPS) is 33.7. The van der Waals surface area contributed by atoms with Gasteiger partial charge in [-0.1, -0.05) is 41.5 Å². The van der Waals surface area contributed by atoms with Crippen LogP contribution in [0.25, 0.3) is 10.4 Å². The lowest BCUT2D eigenvalue weighted by Crippen LogP contribution is -2.61. The van der Waals surface area contributed by atoms with Gasteiger partial charge in [0.15, 0.2) is 12.6 Å². The Bertz CT molecular complexity index is 637. The summed E-state index contributed by atoms with van der Waals surface area (Å²) in [6.07, 6.45) is -0.299. The van der Waals surface area contributed by atoms with Gasteiger partial charge in [-0.15, -0.1) is 6.58 Å². The number of hydrogen-bond acceptors (Lipinski definition) is 6. The zero-order valence-corrected chi connectivity index (χ0v) is 14.4. The predicted molar refractivity (Wildman–Crippen MR) is 93.0 cm³/mol. The Hall–Kier alpha value is -1.93. The summed E-state index contributed by atoms with van der Waals surface area (Å²) in [6, 6.07) is 8.56. The van der Waals surface area contributed by atoms with Crippen LogP contribution in [0.4, 0.5) is 0 Å². The highest BCUT2D eigenvalue weighted by atomic mass is 16.7. The highest BCUT2D eigenvalue weighted by molar-refractivity contribution is 5.16. The molecule has 2 aliphatic rings. The van der Waals surface area contributed by atoms with Crippen molar-refractivity contribution in [3.8, 4) is 0 Å². The molecule has 0 aliphatic carbocycles. The third-order valence-corrected chi connectivity index (χ3v) is 4.42.